The zero-order valence-electron chi connectivity index (χ0n) is 17.5. The minimum atomic E-state index is -0.0287. The van der Waals surface area contributed by atoms with Gasteiger partial charge in [-0.3, -0.25) is 4.79 Å². The molecule has 0 saturated carbocycles. The van der Waals surface area contributed by atoms with Gasteiger partial charge in [-0.25, -0.2) is 9.97 Å². The van der Waals surface area contributed by atoms with Crippen molar-refractivity contribution in [3.63, 3.8) is 0 Å². The van der Waals surface area contributed by atoms with E-state index in [-0.39, 0.29) is 17.9 Å². The molecule has 3 rings (SSSR count). The molecule has 6 nitrogen and oxygen atoms in total. The first-order chi connectivity index (χ1) is 13.2. The number of ether oxygens (including phenoxy) is 1. The first-order valence-corrected chi connectivity index (χ1v) is 9.81. The molecule has 1 aliphatic rings. The fourth-order valence-electron chi connectivity index (χ4n) is 3.49. The van der Waals surface area contributed by atoms with Gasteiger partial charge in [0.1, 0.15) is 17.4 Å². The van der Waals surface area contributed by atoms with E-state index in [4.69, 9.17) is 4.74 Å². The highest BCUT2D eigenvalue weighted by atomic mass is 16.5. The lowest BCUT2D eigenvalue weighted by atomic mass is 9.86. The number of hydrogen-bond acceptors (Lipinski definition) is 5. The maximum atomic E-state index is 12.6. The smallest absolute Gasteiger partial charge is 0.260 e. The summed E-state index contributed by atoms with van der Waals surface area (Å²) in [4.78, 5) is 25.6. The van der Waals surface area contributed by atoms with Crippen molar-refractivity contribution >= 4 is 11.7 Å². The summed E-state index contributed by atoms with van der Waals surface area (Å²) in [6.45, 7) is 13.3. The van der Waals surface area contributed by atoms with E-state index in [2.05, 4.69) is 41.7 Å². The van der Waals surface area contributed by atoms with Crippen molar-refractivity contribution < 1.29 is 9.53 Å². The van der Waals surface area contributed by atoms with Crippen LogP contribution in [-0.2, 0) is 10.2 Å². The molecular formula is C22H30N4O2. The van der Waals surface area contributed by atoms with E-state index in [0.29, 0.717) is 13.1 Å². The molecule has 150 valence electrons. The number of nitrogens with zero attached hydrogens (tertiary/aromatic N) is 4. The molecule has 0 radical (unpaired) electrons. The van der Waals surface area contributed by atoms with Gasteiger partial charge in [-0.2, -0.15) is 0 Å². The Bertz CT molecular complexity index is 816. The summed E-state index contributed by atoms with van der Waals surface area (Å²) in [5, 5.41) is 0. The number of amides is 1. The van der Waals surface area contributed by atoms with Gasteiger partial charge in [-0.15, -0.1) is 0 Å². The molecule has 0 bridgehead atoms. The second-order valence-corrected chi connectivity index (χ2v) is 8.32. The Hall–Kier alpha value is -2.63. The molecule has 28 heavy (non-hydrogen) atoms. The van der Waals surface area contributed by atoms with Gasteiger partial charge >= 0.3 is 0 Å². The predicted octanol–water partition coefficient (Wildman–Crippen LogP) is 3.12. The van der Waals surface area contributed by atoms with Crippen LogP contribution in [0.2, 0.25) is 0 Å². The standard InChI is InChI=1S/C22H30N4O2/c1-16-14-20(24-17(2)23-16)25-10-12-26(13-11-25)21(27)15-28-19-9-7-6-8-18(19)22(3,4)5/h6-9,14H,10-13,15H2,1-5H3. The van der Waals surface area contributed by atoms with Gasteiger partial charge in [0.2, 0.25) is 0 Å². The molecule has 0 spiro atoms. The average molecular weight is 383 g/mol. The van der Waals surface area contributed by atoms with Crippen LogP contribution in [0, 0.1) is 13.8 Å². The summed E-state index contributed by atoms with van der Waals surface area (Å²) in [5.74, 6) is 2.53. The van der Waals surface area contributed by atoms with E-state index in [1.54, 1.807) is 0 Å². The first-order valence-electron chi connectivity index (χ1n) is 9.81. The molecule has 2 aromatic rings. The molecule has 1 saturated heterocycles. The fourth-order valence-corrected chi connectivity index (χ4v) is 3.49. The van der Waals surface area contributed by atoms with Crippen molar-refractivity contribution in [3.05, 3.63) is 47.4 Å². The van der Waals surface area contributed by atoms with Gasteiger partial charge in [0, 0.05) is 37.9 Å². The van der Waals surface area contributed by atoms with Gasteiger partial charge in [-0.05, 0) is 30.9 Å². The summed E-state index contributed by atoms with van der Waals surface area (Å²) in [5.41, 5.74) is 2.05. The summed E-state index contributed by atoms with van der Waals surface area (Å²) >= 11 is 0. The quantitative estimate of drug-likeness (QED) is 0.813. The molecule has 6 heteroatoms. The van der Waals surface area contributed by atoms with Crippen LogP contribution in [0.25, 0.3) is 0 Å². The molecule has 0 N–H and O–H groups in total. The second kappa shape index (κ2) is 8.17. The number of anilines is 1. The highest BCUT2D eigenvalue weighted by Crippen LogP contribution is 2.30. The summed E-state index contributed by atoms with van der Waals surface area (Å²) in [6.07, 6.45) is 0. The number of aryl methyl sites for hydroxylation is 2. The largest absolute Gasteiger partial charge is 0.483 e. The van der Waals surface area contributed by atoms with Crippen LogP contribution >= 0.6 is 0 Å². The van der Waals surface area contributed by atoms with Crippen LogP contribution in [-0.4, -0.2) is 53.6 Å². The Labute approximate surface area is 167 Å². The third kappa shape index (κ3) is 4.80. The van der Waals surface area contributed by atoms with Crippen molar-refractivity contribution in [2.75, 3.05) is 37.7 Å². The van der Waals surface area contributed by atoms with Gasteiger partial charge in [-0.1, -0.05) is 39.0 Å². The Balaban J connectivity index is 1.56. The monoisotopic (exact) mass is 382 g/mol. The Morgan fingerprint density at radius 3 is 2.39 bits per heavy atom. The third-order valence-electron chi connectivity index (χ3n) is 4.96. The molecule has 0 aliphatic carbocycles. The maximum Gasteiger partial charge on any atom is 0.260 e. The van der Waals surface area contributed by atoms with E-state index >= 15 is 0 Å². The van der Waals surface area contributed by atoms with Crippen LogP contribution in [0.1, 0.15) is 37.9 Å². The molecule has 0 unspecified atom stereocenters. The van der Waals surface area contributed by atoms with E-state index in [1.807, 2.05) is 43.0 Å². The molecule has 1 amide bonds. The van der Waals surface area contributed by atoms with Gasteiger partial charge in [0.05, 0.1) is 0 Å². The van der Waals surface area contributed by atoms with E-state index < -0.39 is 0 Å². The SMILES string of the molecule is Cc1cc(N2CCN(C(=O)COc3ccccc3C(C)(C)C)CC2)nc(C)n1. The van der Waals surface area contributed by atoms with Crippen LogP contribution < -0.4 is 9.64 Å². The molecule has 2 heterocycles. The van der Waals surface area contributed by atoms with Crippen molar-refractivity contribution in [2.24, 2.45) is 0 Å². The molecule has 1 aromatic heterocycles. The number of para-hydroxylation sites is 1. The number of rotatable bonds is 4. The Morgan fingerprint density at radius 2 is 1.75 bits per heavy atom. The summed E-state index contributed by atoms with van der Waals surface area (Å²) in [7, 11) is 0. The number of aromatic nitrogens is 2. The fraction of sp³-hybridized carbons (Fsp3) is 0.500. The first kappa shape index (κ1) is 20.1. The van der Waals surface area contributed by atoms with Crippen LogP contribution in [0.4, 0.5) is 5.82 Å². The highest BCUT2D eigenvalue weighted by Gasteiger charge is 2.24. The number of hydrogen-bond donors (Lipinski definition) is 0. The summed E-state index contributed by atoms with van der Waals surface area (Å²) in [6, 6.07) is 9.94. The second-order valence-electron chi connectivity index (χ2n) is 8.32. The highest BCUT2D eigenvalue weighted by molar-refractivity contribution is 5.78. The number of carbonyl (C=O) groups excluding carboxylic acids is 1. The minimum Gasteiger partial charge on any atom is -0.483 e. The Kier molecular flexibility index (Phi) is 5.87. The van der Waals surface area contributed by atoms with Crippen molar-refractivity contribution in [1.29, 1.82) is 0 Å². The van der Waals surface area contributed by atoms with Crippen molar-refractivity contribution in [1.82, 2.24) is 14.9 Å². The minimum absolute atomic E-state index is 0.0263. The normalized spacial score (nSPS) is 14.9. The average Bonchev–Trinajstić information content (AvgIpc) is 2.65. The lowest BCUT2D eigenvalue weighted by Gasteiger charge is -2.35. The zero-order valence-corrected chi connectivity index (χ0v) is 17.5. The lowest BCUT2D eigenvalue weighted by molar-refractivity contribution is -0.133. The molecule has 1 aromatic carbocycles. The molecular weight excluding hydrogens is 352 g/mol. The van der Waals surface area contributed by atoms with Crippen LogP contribution in [0.5, 0.6) is 5.75 Å². The number of benzene rings is 1. The van der Waals surface area contributed by atoms with Gasteiger partial charge in [0.25, 0.3) is 5.91 Å². The van der Waals surface area contributed by atoms with Gasteiger partial charge in [0.15, 0.2) is 6.61 Å². The lowest BCUT2D eigenvalue weighted by Crippen LogP contribution is -2.50. The predicted molar refractivity (Wildman–Crippen MR) is 111 cm³/mol. The maximum absolute atomic E-state index is 12.6. The van der Waals surface area contributed by atoms with E-state index in [9.17, 15) is 4.79 Å². The van der Waals surface area contributed by atoms with E-state index in [1.165, 1.54) is 0 Å². The summed E-state index contributed by atoms with van der Waals surface area (Å²) < 4.78 is 5.90. The zero-order chi connectivity index (χ0) is 20.3. The van der Waals surface area contributed by atoms with Crippen LogP contribution in [0.3, 0.4) is 0 Å². The van der Waals surface area contributed by atoms with Crippen LogP contribution in [0.15, 0.2) is 30.3 Å². The molecule has 1 aliphatic heterocycles. The molecule has 1 fully saturated rings. The molecule has 0 atom stereocenters. The topological polar surface area (TPSA) is 58.6 Å². The number of piperazine rings is 1. The van der Waals surface area contributed by atoms with Crippen molar-refractivity contribution in [3.8, 4) is 5.75 Å². The third-order valence-corrected chi connectivity index (χ3v) is 4.96. The Morgan fingerprint density at radius 1 is 1.07 bits per heavy atom. The van der Waals surface area contributed by atoms with Gasteiger partial charge < -0.3 is 14.5 Å². The number of carbonyl (C=O) groups is 1. The van der Waals surface area contributed by atoms with Crippen molar-refractivity contribution in [2.45, 2.75) is 40.0 Å². The van der Waals surface area contributed by atoms with E-state index in [0.717, 1.165) is 41.7 Å².